The van der Waals surface area contributed by atoms with Gasteiger partial charge in [0.1, 0.15) is 12.4 Å². The second kappa shape index (κ2) is 7.39. The summed E-state index contributed by atoms with van der Waals surface area (Å²) in [4.78, 5) is 14.8. The predicted octanol–water partition coefficient (Wildman–Crippen LogP) is 3.67. The van der Waals surface area contributed by atoms with E-state index in [1.807, 2.05) is 36.1 Å². The molecule has 130 valence electrons. The highest BCUT2D eigenvalue weighted by Gasteiger charge is 2.37. The largest absolute Gasteiger partial charge is 0.489 e. The van der Waals surface area contributed by atoms with E-state index >= 15 is 0 Å². The lowest BCUT2D eigenvalue weighted by Gasteiger charge is -2.44. The highest BCUT2D eigenvalue weighted by atomic mass is 16.5. The van der Waals surface area contributed by atoms with Gasteiger partial charge in [0.05, 0.1) is 0 Å². The minimum absolute atomic E-state index is 0.109. The number of benzene rings is 1. The number of carbonyl (C=O) groups is 1. The lowest BCUT2D eigenvalue weighted by molar-refractivity contribution is -0.0175. The first-order valence-corrected chi connectivity index (χ1v) is 8.82. The Balaban J connectivity index is 1.60. The monoisotopic (exact) mass is 329 g/mol. The Bertz CT molecular complexity index is 595. The smallest absolute Gasteiger partial charge is 0.253 e. The van der Waals surface area contributed by atoms with E-state index in [1.54, 1.807) is 0 Å². The molecule has 0 unspecified atom stereocenters. The fourth-order valence-electron chi connectivity index (χ4n) is 3.60. The van der Waals surface area contributed by atoms with Crippen molar-refractivity contribution in [2.45, 2.75) is 32.6 Å². The van der Waals surface area contributed by atoms with Gasteiger partial charge in [-0.3, -0.25) is 4.79 Å². The van der Waals surface area contributed by atoms with Gasteiger partial charge >= 0.3 is 0 Å². The van der Waals surface area contributed by atoms with Crippen LogP contribution in [-0.2, 0) is 4.74 Å². The predicted molar refractivity (Wildman–Crippen MR) is 94.4 cm³/mol. The molecular weight excluding hydrogens is 302 g/mol. The average molecular weight is 329 g/mol. The maximum absolute atomic E-state index is 12.8. The fraction of sp³-hybridized carbons (Fsp3) is 0.550. The van der Waals surface area contributed by atoms with Gasteiger partial charge < -0.3 is 14.4 Å². The molecule has 0 N–H and O–H groups in total. The van der Waals surface area contributed by atoms with Crippen LogP contribution in [0.15, 0.2) is 36.4 Å². The Morgan fingerprint density at radius 1 is 1.25 bits per heavy atom. The topological polar surface area (TPSA) is 38.8 Å². The van der Waals surface area contributed by atoms with Gasteiger partial charge in [-0.2, -0.15) is 0 Å². The molecule has 2 fully saturated rings. The second-order valence-corrected chi connectivity index (χ2v) is 7.18. The van der Waals surface area contributed by atoms with Crippen LogP contribution in [-0.4, -0.2) is 43.7 Å². The summed E-state index contributed by atoms with van der Waals surface area (Å²) in [5.41, 5.74) is 2.07. The molecule has 0 saturated carbocycles. The summed E-state index contributed by atoms with van der Waals surface area (Å²) in [7, 11) is 0. The standard InChI is InChI=1S/C20H27NO3/c1-16(2)15-24-18-5-3-4-17(14-18)19(22)21-10-6-20(7-11-21)8-12-23-13-9-20/h3-5,14H,1,6-13,15H2,2H3. The van der Waals surface area contributed by atoms with E-state index in [9.17, 15) is 4.79 Å². The molecule has 1 amide bonds. The van der Waals surface area contributed by atoms with Gasteiger partial charge in [0, 0.05) is 31.9 Å². The highest BCUT2D eigenvalue weighted by molar-refractivity contribution is 5.94. The zero-order chi connectivity index (χ0) is 17.0. The molecule has 0 aliphatic carbocycles. The summed E-state index contributed by atoms with van der Waals surface area (Å²) in [5.74, 6) is 0.833. The molecule has 0 bridgehead atoms. The van der Waals surface area contributed by atoms with Crippen LogP contribution in [0.3, 0.4) is 0 Å². The Morgan fingerprint density at radius 3 is 2.62 bits per heavy atom. The van der Waals surface area contributed by atoms with Crippen LogP contribution in [0.5, 0.6) is 5.75 Å². The molecule has 0 atom stereocenters. The summed E-state index contributed by atoms with van der Waals surface area (Å²) in [6.07, 6.45) is 4.46. The zero-order valence-electron chi connectivity index (χ0n) is 14.6. The van der Waals surface area contributed by atoms with Crippen LogP contribution in [0, 0.1) is 5.41 Å². The fourth-order valence-corrected chi connectivity index (χ4v) is 3.60. The molecule has 1 aromatic rings. The molecule has 2 aliphatic rings. The number of likely N-dealkylation sites (tertiary alicyclic amines) is 1. The van der Waals surface area contributed by atoms with E-state index in [1.165, 1.54) is 0 Å². The van der Waals surface area contributed by atoms with Gasteiger partial charge in [-0.1, -0.05) is 12.6 Å². The zero-order valence-corrected chi connectivity index (χ0v) is 14.6. The van der Waals surface area contributed by atoms with Gasteiger partial charge in [-0.05, 0) is 61.8 Å². The Morgan fingerprint density at radius 2 is 1.96 bits per heavy atom. The molecule has 24 heavy (non-hydrogen) atoms. The number of rotatable bonds is 4. The molecule has 3 rings (SSSR count). The van der Waals surface area contributed by atoms with Crippen LogP contribution in [0.2, 0.25) is 0 Å². The quantitative estimate of drug-likeness (QED) is 0.791. The van der Waals surface area contributed by atoms with E-state index < -0.39 is 0 Å². The first kappa shape index (κ1) is 17.0. The third-order valence-corrected chi connectivity index (χ3v) is 5.23. The second-order valence-electron chi connectivity index (χ2n) is 7.18. The van der Waals surface area contributed by atoms with Crippen LogP contribution in [0.1, 0.15) is 43.0 Å². The molecule has 4 heteroatoms. The number of amides is 1. The molecule has 1 aromatic carbocycles. The summed E-state index contributed by atoms with van der Waals surface area (Å²) >= 11 is 0. The van der Waals surface area contributed by atoms with Crippen molar-refractivity contribution in [2.75, 3.05) is 32.9 Å². The summed E-state index contributed by atoms with van der Waals surface area (Å²) in [5, 5.41) is 0. The minimum Gasteiger partial charge on any atom is -0.489 e. The van der Waals surface area contributed by atoms with E-state index in [0.717, 1.165) is 63.3 Å². The molecule has 4 nitrogen and oxygen atoms in total. The SMILES string of the molecule is C=C(C)COc1cccc(C(=O)N2CCC3(CCOCC3)CC2)c1. The number of hydrogen-bond acceptors (Lipinski definition) is 3. The van der Waals surface area contributed by atoms with Crippen LogP contribution >= 0.6 is 0 Å². The van der Waals surface area contributed by atoms with Gasteiger partial charge in [0.15, 0.2) is 0 Å². The van der Waals surface area contributed by atoms with Crippen LogP contribution in [0.4, 0.5) is 0 Å². The van der Waals surface area contributed by atoms with Gasteiger partial charge in [0.2, 0.25) is 0 Å². The van der Waals surface area contributed by atoms with E-state index in [4.69, 9.17) is 9.47 Å². The Hall–Kier alpha value is -1.81. The normalized spacial score (nSPS) is 20.0. The van der Waals surface area contributed by atoms with Crippen molar-refractivity contribution in [3.05, 3.63) is 42.0 Å². The Kier molecular flexibility index (Phi) is 5.24. The van der Waals surface area contributed by atoms with Crippen molar-refractivity contribution in [3.63, 3.8) is 0 Å². The van der Waals surface area contributed by atoms with Crippen molar-refractivity contribution >= 4 is 5.91 Å². The average Bonchev–Trinajstić information content (AvgIpc) is 2.61. The minimum atomic E-state index is 0.109. The van der Waals surface area contributed by atoms with E-state index in [0.29, 0.717) is 17.6 Å². The van der Waals surface area contributed by atoms with Crippen LogP contribution < -0.4 is 4.74 Å². The first-order valence-electron chi connectivity index (χ1n) is 8.82. The highest BCUT2D eigenvalue weighted by Crippen LogP contribution is 2.40. The molecule has 0 radical (unpaired) electrons. The van der Waals surface area contributed by atoms with Crippen molar-refractivity contribution < 1.29 is 14.3 Å². The third-order valence-electron chi connectivity index (χ3n) is 5.23. The molecule has 2 saturated heterocycles. The number of carbonyl (C=O) groups excluding carboxylic acids is 1. The lowest BCUT2D eigenvalue weighted by Crippen LogP contribution is -2.45. The molecule has 1 spiro atoms. The summed E-state index contributed by atoms with van der Waals surface area (Å²) in [6, 6.07) is 7.47. The molecular formula is C20H27NO3. The third kappa shape index (κ3) is 3.99. The number of piperidine rings is 1. The van der Waals surface area contributed by atoms with Crippen molar-refractivity contribution in [1.29, 1.82) is 0 Å². The maximum Gasteiger partial charge on any atom is 0.253 e. The van der Waals surface area contributed by atoms with Crippen LogP contribution in [0.25, 0.3) is 0 Å². The summed E-state index contributed by atoms with van der Waals surface area (Å²) < 4.78 is 11.1. The van der Waals surface area contributed by atoms with E-state index in [2.05, 4.69) is 6.58 Å². The molecule has 2 aliphatic heterocycles. The number of hydrogen-bond donors (Lipinski definition) is 0. The van der Waals surface area contributed by atoms with Gasteiger partial charge in [-0.25, -0.2) is 0 Å². The van der Waals surface area contributed by atoms with Gasteiger partial charge in [-0.15, -0.1) is 0 Å². The molecule has 0 aromatic heterocycles. The molecule has 2 heterocycles. The maximum atomic E-state index is 12.8. The first-order chi connectivity index (χ1) is 11.6. The number of ether oxygens (including phenoxy) is 2. The Labute approximate surface area is 144 Å². The lowest BCUT2D eigenvalue weighted by atomic mass is 9.72. The van der Waals surface area contributed by atoms with E-state index in [-0.39, 0.29) is 5.91 Å². The van der Waals surface area contributed by atoms with Crippen molar-refractivity contribution in [1.82, 2.24) is 4.90 Å². The number of nitrogens with zero attached hydrogens (tertiary/aromatic N) is 1. The van der Waals surface area contributed by atoms with Gasteiger partial charge in [0.25, 0.3) is 5.91 Å². The van der Waals surface area contributed by atoms with Crippen molar-refractivity contribution in [2.24, 2.45) is 5.41 Å². The summed E-state index contributed by atoms with van der Waals surface area (Å²) in [6.45, 7) is 9.67. The van der Waals surface area contributed by atoms with Crippen molar-refractivity contribution in [3.8, 4) is 5.75 Å².